The summed E-state index contributed by atoms with van der Waals surface area (Å²) in [5.41, 5.74) is 2.34. The maximum atomic E-state index is 5.23. The molecule has 1 rings (SSSR count). The van der Waals surface area contributed by atoms with Crippen molar-refractivity contribution in [2.45, 2.75) is 13.0 Å². The lowest BCUT2D eigenvalue weighted by Gasteiger charge is -2.13. The van der Waals surface area contributed by atoms with Crippen LogP contribution < -0.4 is 5.32 Å². The molecule has 1 unspecified atom stereocenters. The maximum absolute atomic E-state index is 5.23. The Labute approximate surface area is 73.6 Å². The molecule has 12 heavy (non-hydrogen) atoms. The Kier molecular flexibility index (Phi) is 3.26. The minimum atomic E-state index is 0.138. The number of methoxy groups -OCH3 is 1. The van der Waals surface area contributed by atoms with Gasteiger partial charge in [0.15, 0.2) is 0 Å². The molecule has 0 bridgehead atoms. The van der Waals surface area contributed by atoms with Crippen molar-refractivity contribution in [1.29, 1.82) is 0 Å². The summed E-state index contributed by atoms with van der Waals surface area (Å²) in [6.45, 7) is 2.03. The average Bonchev–Trinajstić information content (AvgIpc) is 2.16. The fourth-order valence-electron chi connectivity index (χ4n) is 1.19. The molecule has 0 radical (unpaired) electrons. The van der Waals surface area contributed by atoms with E-state index in [-0.39, 0.29) is 6.10 Å². The molecule has 0 saturated heterocycles. The zero-order valence-electron chi connectivity index (χ0n) is 7.58. The Morgan fingerprint density at radius 2 is 2.08 bits per heavy atom. The van der Waals surface area contributed by atoms with Gasteiger partial charge in [0, 0.05) is 12.7 Å². The van der Waals surface area contributed by atoms with Crippen molar-refractivity contribution in [3.05, 3.63) is 36.9 Å². The number of quaternary nitrogens is 1. The smallest absolute Gasteiger partial charge is 0.109 e. The second-order valence-electron chi connectivity index (χ2n) is 2.71. The summed E-state index contributed by atoms with van der Waals surface area (Å²) in [5.74, 6) is 0. The number of para-hydroxylation sites is 1. The lowest BCUT2D eigenvalue weighted by atomic mass is 10.1. The SMILES string of the molecule is [CH2-][NH2+]c1ccccc1C(C)OC. The Morgan fingerprint density at radius 1 is 1.42 bits per heavy atom. The zero-order valence-corrected chi connectivity index (χ0v) is 7.58. The van der Waals surface area contributed by atoms with Gasteiger partial charge in [0.2, 0.25) is 0 Å². The maximum Gasteiger partial charge on any atom is 0.109 e. The van der Waals surface area contributed by atoms with Gasteiger partial charge in [0.05, 0.1) is 6.10 Å². The third-order valence-electron chi connectivity index (χ3n) is 2.01. The van der Waals surface area contributed by atoms with E-state index in [4.69, 9.17) is 4.74 Å². The summed E-state index contributed by atoms with van der Waals surface area (Å²) in [4.78, 5) is 0. The molecule has 0 aliphatic carbocycles. The van der Waals surface area contributed by atoms with E-state index in [0.717, 1.165) is 5.69 Å². The number of ether oxygens (including phenoxy) is 1. The van der Waals surface area contributed by atoms with Gasteiger partial charge in [-0.3, -0.25) is 0 Å². The average molecular weight is 165 g/mol. The Balaban J connectivity index is 2.96. The molecule has 2 heteroatoms. The van der Waals surface area contributed by atoms with E-state index in [9.17, 15) is 0 Å². The Morgan fingerprint density at radius 3 is 2.67 bits per heavy atom. The van der Waals surface area contributed by atoms with Crippen LogP contribution in [-0.4, -0.2) is 7.11 Å². The molecular formula is C10H15NO. The molecule has 0 saturated carbocycles. The largest absolute Gasteiger partial charge is 0.445 e. The van der Waals surface area contributed by atoms with E-state index >= 15 is 0 Å². The van der Waals surface area contributed by atoms with Gasteiger partial charge in [0.25, 0.3) is 0 Å². The number of hydrogen-bond donors (Lipinski definition) is 1. The number of nitrogens with two attached hydrogens (primary N) is 1. The summed E-state index contributed by atoms with van der Waals surface area (Å²) >= 11 is 0. The molecule has 1 aromatic rings. The summed E-state index contributed by atoms with van der Waals surface area (Å²) in [7, 11) is 5.47. The van der Waals surface area contributed by atoms with Gasteiger partial charge < -0.3 is 10.1 Å². The molecule has 1 atom stereocenters. The second kappa shape index (κ2) is 4.24. The second-order valence-corrected chi connectivity index (χ2v) is 2.71. The van der Waals surface area contributed by atoms with E-state index in [1.54, 1.807) is 7.11 Å². The van der Waals surface area contributed by atoms with Crippen molar-refractivity contribution < 1.29 is 10.1 Å². The summed E-state index contributed by atoms with van der Waals surface area (Å²) in [5, 5.41) is 1.85. The first kappa shape index (κ1) is 9.23. The van der Waals surface area contributed by atoms with Crippen LogP contribution in [-0.2, 0) is 4.74 Å². The molecule has 0 aliphatic heterocycles. The molecule has 0 aliphatic rings. The highest BCUT2D eigenvalue weighted by Gasteiger charge is 2.08. The monoisotopic (exact) mass is 165 g/mol. The van der Waals surface area contributed by atoms with Crippen molar-refractivity contribution in [2.24, 2.45) is 0 Å². The van der Waals surface area contributed by atoms with E-state index in [0.29, 0.717) is 0 Å². The van der Waals surface area contributed by atoms with Gasteiger partial charge >= 0.3 is 0 Å². The Hall–Kier alpha value is -0.860. The van der Waals surface area contributed by atoms with Crippen LogP contribution in [0.3, 0.4) is 0 Å². The fraction of sp³-hybridized carbons (Fsp3) is 0.300. The van der Waals surface area contributed by atoms with Crippen LogP contribution >= 0.6 is 0 Å². The summed E-state index contributed by atoms with van der Waals surface area (Å²) in [6, 6.07) is 8.11. The number of hydrogen-bond acceptors (Lipinski definition) is 1. The predicted octanol–water partition coefficient (Wildman–Crippen LogP) is 1.38. The topological polar surface area (TPSA) is 25.8 Å². The number of rotatable bonds is 3. The molecule has 0 spiro atoms. The molecule has 0 fully saturated rings. The van der Waals surface area contributed by atoms with Crippen LogP contribution in [0.15, 0.2) is 24.3 Å². The molecule has 1 aromatic carbocycles. The Bertz CT molecular complexity index is 247. The van der Waals surface area contributed by atoms with Crippen LogP contribution in [0.4, 0.5) is 5.69 Å². The van der Waals surface area contributed by atoms with Gasteiger partial charge in [-0.15, -0.1) is 7.05 Å². The van der Waals surface area contributed by atoms with E-state index < -0.39 is 0 Å². The standard InChI is InChI=1S/C10H15NO/c1-8(12-3)9-6-4-5-7-10(9)11-2/h4-8H,2,11H2,1,3H3. The third-order valence-corrected chi connectivity index (χ3v) is 2.01. The van der Waals surface area contributed by atoms with Gasteiger partial charge in [-0.25, -0.2) is 0 Å². The molecular weight excluding hydrogens is 150 g/mol. The molecule has 2 N–H and O–H groups in total. The molecule has 0 heterocycles. The van der Waals surface area contributed by atoms with Gasteiger partial charge in [-0.05, 0) is 13.0 Å². The highest BCUT2D eigenvalue weighted by Crippen LogP contribution is 2.20. The molecule has 0 amide bonds. The minimum Gasteiger partial charge on any atom is -0.445 e. The summed E-state index contributed by atoms with van der Waals surface area (Å²) in [6.07, 6.45) is 0.138. The van der Waals surface area contributed by atoms with E-state index in [1.807, 2.05) is 30.4 Å². The first-order valence-corrected chi connectivity index (χ1v) is 4.03. The van der Waals surface area contributed by atoms with Crippen molar-refractivity contribution in [3.8, 4) is 0 Å². The van der Waals surface area contributed by atoms with Gasteiger partial charge in [-0.1, -0.05) is 18.2 Å². The van der Waals surface area contributed by atoms with Crippen LogP contribution in [0.1, 0.15) is 18.6 Å². The minimum absolute atomic E-state index is 0.138. The molecule has 2 nitrogen and oxygen atoms in total. The first-order chi connectivity index (χ1) is 5.79. The van der Waals surface area contributed by atoms with E-state index in [1.165, 1.54) is 5.56 Å². The molecule has 66 valence electrons. The van der Waals surface area contributed by atoms with E-state index in [2.05, 4.69) is 13.1 Å². The number of benzene rings is 1. The summed E-state index contributed by atoms with van der Waals surface area (Å²) < 4.78 is 5.23. The van der Waals surface area contributed by atoms with Crippen molar-refractivity contribution in [1.82, 2.24) is 0 Å². The third kappa shape index (κ3) is 1.84. The van der Waals surface area contributed by atoms with Crippen LogP contribution in [0.5, 0.6) is 0 Å². The highest BCUT2D eigenvalue weighted by molar-refractivity contribution is 5.40. The first-order valence-electron chi connectivity index (χ1n) is 4.03. The normalized spacial score (nSPS) is 12.9. The van der Waals surface area contributed by atoms with Crippen molar-refractivity contribution in [2.75, 3.05) is 7.11 Å². The zero-order chi connectivity index (χ0) is 8.97. The van der Waals surface area contributed by atoms with Crippen LogP contribution in [0.2, 0.25) is 0 Å². The highest BCUT2D eigenvalue weighted by atomic mass is 16.5. The van der Waals surface area contributed by atoms with Gasteiger partial charge in [-0.2, -0.15) is 0 Å². The lowest BCUT2D eigenvalue weighted by molar-refractivity contribution is -0.505. The van der Waals surface area contributed by atoms with Crippen LogP contribution in [0.25, 0.3) is 0 Å². The predicted molar refractivity (Wildman–Crippen MR) is 48.8 cm³/mol. The fourth-order valence-corrected chi connectivity index (χ4v) is 1.19. The van der Waals surface area contributed by atoms with Crippen LogP contribution in [0, 0.1) is 7.05 Å². The van der Waals surface area contributed by atoms with Crippen molar-refractivity contribution in [3.63, 3.8) is 0 Å². The quantitative estimate of drug-likeness (QED) is 0.531. The molecule has 0 aromatic heterocycles. The lowest BCUT2D eigenvalue weighted by Crippen LogP contribution is -2.70. The van der Waals surface area contributed by atoms with Gasteiger partial charge in [0.1, 0.15) is 5.69 Å². The van der Waals surface area contributed by atoms with Crippen molar-refractivity contribution >= 4 is 5.69 Å².